The zero-order valence-electron chi connectivity index (χ0n) is 24.2. The van der Waals surface area contributed by atoms with Gasteiger partial charge < -0.3 is 29.5 Å². The third-order valence-electron chi connectivity index (χ3n) is 8.31. The van der Waals surface area contributed by atoms with Gasteiger partial charge in [0.2, 0.25) is 0 Å². The molecule has 3 fully saturated rings. The number of ether oxygens (including phenoxy) is 2. The molecule has 10 nitrogen and oxygen atoms in total. The zero-order valence-corrected chi connectivity index (χ0v) is 24.2. The Morgan fingerprint density at radius 1 is 0.878 bits per heavy atom. The minimum Gasteiger partial charge on any atom is -0.492 e. The molecule has 3 aliphatic rings. The monoisotopic (exact) mass is 564 g/mol. The molecule has 3 aliphatic heterocycles. The second-order valence-corrected chi connectivity index (χ2v) is 11.0. The largest absolute Gasteiger partial charge is 0.492 e. The summed E-state index contributed by atoms with van der Waals surface area (Å²) in [7, 11) is 0. The van der Waals surface area contributed by atoms with Crippen molar-refractivity contribution in [2.24, 2.45) is 0 Å². The second kappa shape index (κ2) is 14.4. The number of carbonyl (C=O) groups is 2. The first-order chi connectivity index (χ1) is 20.1. The summed E-state index contributed by atoms with van der Waals surface area (Å²) in [5.74, 6) is 0.629. The SMILES string of the molecule is CCOc1ccccc1NC(=O)OCCN1CCN(c2cccc(NC(=O)N3CCC(N4CCCC4)CC3)c2)CC1. The number of rotatable bonds is 9. The number of urea groups is 1. The lowest BCUT2D eigenvalue weighted by Crippen LogP contribution is -2.47. The molecule has 0 spiro atoms. The van der Waals surface area contributed by atoms with Crippen LogP contribution in [0.2, 0.25) is 0 Å². The number of carbonyl (C=O) groups excluding carboxylic acids is 2. The molecule has 41 heavy (non-hydrogen) atoms. The topological polar surface area (TPSA) is 89.6 Å². The maximum atomic E-state index is 13.0. The predicted octanol–water partition coefficient (Wildman–Crippen LogP) is 4.55. The van der Waals surface area contributed by atoms with Crippen LogP contribution >= 0.6 is 0 Å². The fourth-order valence-electron chi connectivity index (χ4n) is 6.02. The van der Waals surface area contributed by atoms with Gasteiger partial charge in [0.15, 0.2) is 0 Å². The van der Waals surface area contributed by atoms with E-state index in [9.17, 15) is 9.59 Å². The summed E-state index contributed by atoms with van der Waals surface area (Å²) in [6.45, 7) is 11.0. The number of benzene rings is 2. The van der Waals surface area contributed by atoms with Crippen LogP contribution in [0.3, 0.4) is 0 Å². The van der Waals surface area contributed by atoms with Gasteiger partial charge in [0.1, 0.15) is 12.4 Å². The molecule has 222 valence electrons. The molecule has 3 amide bonds. The van der Waals surface area contributed by atoms with E-state index < -0.39 is 6.09 Å². The van der Waals surface area contributed by atoms with E-state index in [0.29, 0.717) is 37.2 Å². The van der Waals surface area contributed by atoms with Crippen molar-refractivity contribution in [3.8, 4) is 5.75 Å². The number of piperazine rings is 1. The summed E-state index contributed by atoms with van der Waals surface area (Å²) in [4.78, 5) is 34.4. The predicted molar refractivity (Wildman–Crippen MR) is 162 cm³/mol. The maximum absolute atomic E-state index is 13.0. The van der Waals surface area contributed by atoms with Crippen LogP contribution in [0, 0.1) is 0 Å². The summed E-state index contributed by atoms with van der Waals surface area (Å²) >= 11 is 0. The van der Waals surface area contributed by atoms with E-state index in [1.165, 1.54) is 25.9 Å². The summed E-state index contributed by atoms with van der Waals surface area (Å²) in [6.07, 6.45) is 4.27. The molecule has 0 radical (unpaired) electrons. The number of piperidine rings is 1. The van der Waals surface area contributed by atoms with Gasteiger partial charge in [-0.3, -0.25) is 10.2 Å². The highest BCUT2D eigenvalue weighted by molar-refractivity contribution is 5.90. The highest BCUT2D eigenvalue weighted by Gasteiger charge is 2.28. The highest BCUT2D eigenvalue weighted by atomic mass is 16.5. The molecule has 2 N–H and O–H groups in total. The Kier molecular flexibility index (Phi) is 10.2. The molecule has 0 saturated carbocycles. The lowest BCUT2D eigenvalue weighted by molar-refractivity contribution is 0.137. The maximum Gasteiger partial charge on any atom is 0.411 e. The summed E-state index contributed by atoms with van der Waals surface area (Å²) in [5, 5.41) is 5.89. The smallest absolute Gasteiger partial charge is 0.411 e. The van der Waals surface area contributed by atoms with Crippen LogP contribution < -0.4 is 20.3 Å². The van der Waals surface area contributed by atoms with Crippen LogP contribution in [0.4, 0.5) is 26.7 Å². The van der Waals surface area contributed by atoms with Gasteiger partial charge in [0, 0.05) is 63.2 Å². The molecule has 2 aromatic rings. The van der Waals surface area contributed by atoms with E-state index in [1.54, 1.807) is 6.07 Å². The zero-order chi connectivity index (χ0) is 28.4. The van der Waals surface area contributed by atoms with Crippen molar-refractivity contribution in [3.05, 3.63) is 48.5 Å². The normalized spacial score (nSPS) is 18.8. The highest BCUT2D eigenvalue weighted by Crippen LogP contribution is 2.25. The number of amides is 3. The minimum atomic E-state index is -0.481. The standard InChI is InChI=1S/C31H44N6O4/c1-2-40-29-11-4-3-10-28(29)33-31(39)41-23-22-34-18-20-36(21-19-34)27-9-7-8-25(24-27)32-30(38)37-16-12-26(13-17-37)35-14-5-6-15-35/h3-4,7-11,24,26H,2,5-6,12-23H2,1H3,(H,32,38)(H,33,39). The number of likely N-dealkylation sites (tertiary alicyclic amines) is 2. The van der Waals surface area contributed by atoms with Gasteiger partial charge >= 0.3 is 12.1 Å². The van der Waals surface area contributed by atoms with Crippen LogP contribution in [-0.4, -0.2) is 105 Å². The Hall–Kier alpha value is -3.50. The molecule has 3 saturated heterocycles. The number of hydrogen-bond donors (Lipinski definition) is 2. The van der Waals surface area contributed by atoms with Crippen LogP contribution in [0.15, 0.2) is 48.5 Å². The van der Waals surface area contributed by atoms with E-state index in [0.717, 1.165) is 63.5 Å². The second-order valence-electron chi connectivity index (χ2n) is 11.0. The molecule has 5 rings (SSSR count). The number of nitrogens with zero attached hydrogens (tertiary/aromatic N) is 4. The number of para-hydroxylation sites is 2. The Balaban J connectivity index is 1.01. The van der Waals surface area contributed by atoms with E-state index in [-0.39, 0.29) is 6.03 Å². The van der Waals surface area contributed by atoms with Gasteiger partial charge in [-0.15, -0.1) is 0 Å². The quantitative estimate of drug-likeness (QED) is 0.462. The molecule has 0 bridgehead atoms. The fourth-order valence-corrected chi connectivity index (χ4v) is 6.02. The lowest BCUT2D eigenvalue weighted by Gasteiger charge is -2.37. The van der Waals surface area contributed by atoms with E-state index in [2.05, 4.69) is 37.5 Å². The summed E-state index contributed by atoms with van der Waals surface area (Å²) in [6, 6.07) is 16.1. The lowest BCUT2D eigenvalue weighted by atomic mass is 10.0. The average Bonchev–Trinajstić information content (AvgIpc) is 3.54. The van der Waals surface area contributed by atoms with Gasteiger partial charge in [0.05, 0.1) is 12.3 Å². The first-order valence-electron chi connectivity index (χ1n) is 15.1. The molecular formula is C31H44N6O4. The Bertz CT molecular complexity index is 1140. The van der Waals surface area contributed by atoms with Gasteiger partial charge in [-0.1, -0.05) is 18.2 Å². The van der Waals surface area contributed by atoms with Crippen molar-refractivity contribution in [1.29, 1.82) is 0 Å². The average molecular weight is 565 g/mol. The van der Waals surface area contributed by atoms with E-state index in [1.807, 2.05) is 42.2 Å². The van der Waals surface area contributed by atoms with Crippen LogP contribution in [0.5, 0.6) is 5.75 Å². The van der Waals surface area contributed by atoms with Gasteiger partial charge in [-0.05, 0) is 76.0 Å². The molecular weight excluding hydrogens is 520 g/mol. The number of hydrogen-bond acceptors (Lipinski definition) is 7. The number of nitrogens with one attached hydrogen (secondary N) is 2. The molecule has 10 heteroatoms. The van der Waals surface area contributed by atoms with Gasteiger partial charge in [-0.2, -0.15) is 0 Å². The van der Waals surface area contributed by atoms with E-state index in [4.69, 9.17) is 9.47 Å². The molecule has 0 atom stereocenters. The third kappa shape index (κ3) is 8.04. The first-order valence-corrected chi connectivity index (χ1v) is 15.1. The minimum absolute atomic E-state index is 0.00254. The van der Waals surface area contributed by atoms with Crippen molar-refractivity contribution >= 4 is 29.2 Å². The van der Waals surface area contributed by atoms with E-state index >= 15 is 0 Å². The fraction of sp³-hybridized carbons (Fsp3) is 0.548. The number of anilines is 3. The molecule has 2 aromatic carbocycles. The van der Waals surface area contributed by atoms with Crippen molar-refractivity contribution in [1.82, 2.24) is 14.7 Å². The Labute approximate surface area is 243 Å². The third-order valence-corrected chi connectivity index (χ3v) is 8.31. The van der Waals surface area contributed by atoms with Crippen LogP contribution in [0.25, 0.3) is 0 Å². The van der Waals surface area contributed by atoms with Crippen molar-refractivity contribution < 1.29 is 19.1 Å². The molecule has 3 heterocycles. The van der Waals surface area contributed by atoms with Crippen molar-refractivity contribution in [3.63, 3.8) is 0 Å². The van der Waals surface area contributed by atoms with Crippen molar-refractivity contribution in [2.45, 2.75) is 38.6 Å². The molecule has 0 aliphatic carbocycles. The van der Waals surface area contributed by atoms with Gasteiger partial charge in [-0.25, -0.2) is 9.59 Å². The van der Waals surface area contributed by atoms with Gasteiger partial charge in [0.25, 0.3) is 0 Å². The molecule has 0 unspecified atom stereocenters. The van der Waals surface area contributed by atoms with Crippen molar-refractivity contribution in [2.75, 3.05) is 87.7 Å². The van der Waals surface area contributed by atoms with Crippen LogP contribution in [-0.2, 0) is 4.74 Å². The summed E-state index contributed by atoms with van der Waals surface area (Å²) < 4.78 is 11.0. The Morgan fingerprint density at radius 2 is 1.63 bits per heavy atom. The van der Waals surface area contributed by atoms with Crippen LogP contribution in [0.1, 0.15) is 32.6 Å². The molecule has 0 aromatic heterocycles. The first kappa shape index (κ1) is 29.0. The Morgan fingerprint density at radius 3 is 2.39 bits per heavy atom. The summed E-state index contributed by atoms with van der Waals surface area (Å²) in [5.41, 5.74) is 2.55.